The van der Waals surface area contributed by atoms with Crippen molar-refractivity contribution in [1.29, 1.82) is 0 Å². The molecule has 1 N–H and O–H groups in total. The van der Waals surface area contributed by atoms with E-state index in [2.05, 4.69) is 5.32 Å². The molecule has 2 aliphatic rings. The first-order chi connectivity index (χ1) is 4.45. The minimum Gasteiger partial charge on any atom is -0.372 e. The summed E-state index contributed by atoms with van der Waals surface area (Å²) >= 11 is 0. The fourth-order valence-corrected chi connectivity index (χ4v) is 1.69. The van der Waals surface area contributed by atoms with Crippen molar-refractivity contribution in [2.75, 3.05) is 13.1 Å². The molecule has 52 valence electrons. The SMILES string of the molecule is C1C[C@@H]2CNC[C@@H](C1)O2. The van der Waals surface area contributed by atoms with Crippen molar-refractivity contribution >= 4 is 0 Å². The zero-order valence-electron chi connectivity index (χ0n) is 5.60. The summed E-state index contributed by atoms with van der Waals surface area (Å²) in [7, 11) is 0. The Kier molecular flexibility index (Phi) is 1.44. The second-order valence-corrected chi connectivity index (χ2v) is 2.97. The van der Waals surface area contributed by atoms with Gasteiger partial charge in [-0.2, -0.15) is 0 Å². The molecule has 0 aromatic heterocycles. The Morgan fingerprint density at radius 3 is 2.33 bits per heavy atom. The van der Waals surface area contributed by atoms with Gasteiger partial charge in [0.15, 0.2) is 0 Å². The Hall–Kier alpha value is -0.0800. The fraction of sp³-hybridized carbons (Fsp3) is 1.00. The Morgan fingerprint density at radius 2 is 1.78 bits per heavy atom. The van der Waals surface area contributed by atoms with Crippen LogP contribution in [0.4, 0.5) is 0 Å². The van der Waals surface area contributed by atoms with Crippen LogP contribution < -0.4 is 5.32 Å². The first kappa shape index (κ1) is 5.69. The molecule has 2 bridgehead atoms. The van der Waals surface area contributed by atoms with Crippen molar-refractivity contribution in [2.45, 2.75) is 31.5 Å². The van der Waals surface area contributed by atoms with Gasteiger partial charge in [-0.15, -0.1) is 0 Å². The van der Waals surface area contributed by atoms with Crippen LogP contribution in [0.1, 0.15) is 19.3 Å². The normalized spacial score (nSPS) is 42.7. The molecule has 9 heavy (non-hydrogen) atoms. The Morgan fingerprint density at radius 1 is 1.11 bits per heavy atom. The largest absolute Gasteiger partial charge is 0.372 e. The fourth-order valence-electron chi connectivity index (χ4n) is 1.69. The molecule has 0 amide bonds. The van der Waals surface area contributed by atoms with Gasteiger partial charge in [0.25, 0.3) is 0 Å². The molecule has 2 atom stereocenters. The summed E-state index contributed by atoms with van der Waals surface area (Å²) < 4.78 is 5.66. The van der Waals surface area contributed by atoms with E-state index >= 15 is 0 Å². The van der Waals surface area contributed by atoms with Crippen LogP contribution in [0.5, 0.6) is 0 Å². The predicted molar refractivity (Wildman–Crippen MR) is 35.4 cm³/mol. The van der Waals surface area contributed by atoms with E-state index in [1.807, 2.05) is 0 Å². The molecule has 0 aromatic rings. The van der Waals surface area contributed by atoms with Crippen LogP contribution in [0.15, 0.2) is 0 Å². The van der Waals surface area contributed by atoms with Crippen LogP contribution in [0.25, 0.3) is 0 Å². The zero-order chi connectivity index (χ0) is 6.10. The lowest BCUT2D eigenvalue weighted by atomic mass is 10.0. The number of ether oxygens (including phenoxy) is 1. The quantitative estimate of drug-likeness (QED) is 0.512. The molecule has 2 heterocycles. The number of morpholine rings is 1. The highest BCUT2D eigenvalue weighted by Crippen LogP contribution is 2.20. The third kappa shape index (κ3) is 1.10. The van der Waals surface area contributed by atoms with E-state index in [0.29, 0.717) is 12.2 Å². The standard InChI is InChI=1S/C7H13NO/c1-2-6-4-8-5-7(3-1)9-6/h6-8H,1-5H2/t6-,7-/m1/s1. The maximum Gasteiger partial charge on any atom is 0.0703 e. The number of hydrogen-bond donors (Lipinski definition) is 1. The number of nitrogens with one attached hydrogen (secondary N) is 1. The Bertz CT molecular complexity index is 85.1. The van der Waals surface area contributed by atoms with Crippen LogP contribution in [-0.4, -0.2) is 25.3 Å². The molecule has 0 saturated carbocycles. The first-order valence-electron chi connectivity index (χ1n) is 3.81. The van der Waals surface area contributed by atoms with Crippen LogP contribution in [0.2, 0.25) is 0 Å². The highest BCUT2D eigenvalue weighted by molar-refractivity contribution is 4.79. The van der Waals surface area contributed by atoms with Gasteiger partial charge < -0.3 is 10.1 Å². The molecule has 2 nitrogen and oxygen atoms in total. The minimum absolute atomic E-state index is 0.539. The molecule has 0 spiro atoms. The highest BCUT2D eigenvalue weighted by Gasteiger charge is 2.25. The van der Waals surface area contributed by atoms with E-state index in [1.54, 1.807) is 0 Å². The summed E-state index contributed by atoms with van der Waals surface area (Å²) in [6.45, 7) is 2.16. The van der Waals surface area contributed by atoms with Gasteiger partial charge in [0.2, 0.25) is 0 Å². The van der Waals surface area contributed by atoms with Gasteiger partial charge in [0.1, 0.15) is 0 Å². The first-order valence-corrected chi connectivity index (χ1v) is 3.81. The molecule has 0 unspecified atom stereocenters. The van der Waals surface area contributed by atoms with Gasteiger partial charge >= 0.3 is 0 Å². The highest BCUT2D eigenvalue weighted by atomic mass is 16.5. The molecule has 2 fully saturated rings. The van der Waals surface area contributed by atoms with Gasteiger partial charge in [-0.25, -0.2) is 0 Å². The molecular formula is C7H13NO. The van der Waals surface area contributed by atoms with Gasteiger partial charge in [-0.05, 0) is 19.3 Å². The lowest BCUT2D eigenvalue weighted by Crippen LogP contribution is -2.47. The molecule has 0 aliphatic carbocycles. The lowest BCUT2D eigenvalue weighted by Gasteiger charge is -2.35. The van der Waals surface area contributed by atoms with Gasteiger partial charge in [-0.3, -0.25) is 0 Å². The van der Waals surface area contributed by atoms with Crippen molar-refractivity contribution in [3.05, 3.63) is 0 Å². The second-order valence-electron chi connectivity index (χ2n) is 2.97. The van der Waals surface area contributed by atoms with Crippen molar-refractivity contribution in [3.63, 3.8) is 0 Å². The van der Waals surface area contributed by atoms with Crippen LogP contribution in [-0.2, 0) is 4.74 Å². The third-order valence-electron chi connectivity index (χ3n) is 2.18. The molecule has 2 aliphatic heterocycles. The molecule has 2 heteroatoms. The average Bonchev–Trinajstić information content (AvgIpc) is 1.88. The van der Waals surface area contributed by atoms with Gasteiger partial charge in [0.05, 0.1) is 12.2 Å². The Labute approximate surface area is 55.6 Å². The maximum atomic E-state index is 5.66. The van der Waals surface area contributed by atoms with Crippen LogP contribution in [0.3, 0.4) is 0 Å². The van der Waals surface area contributed by atoms with Crippen LogP contribution >= 0.6 is 0 Å². The minimum atomic E-state index is 0.539. The second kappa shape index (κ2) is 2.27. The van der Waals surface area contributed by atoms with E-state index in [0.717, 1.165) is 13.1 Å². The van der Waals surface area contributed by atoms with E-state index in [1.165, 1.54) is 19.3 Å². The zero-order valence-corrected chi connectivity index (χ0v) is 5.60. The summed E-state index contributed by atoms with van der Waals surface area (Å²) in [5.41, 5.74) is 0. The average molecular weight is 127 g/mol. The van der Waals surface area contributed by atoms with Gasteiger partial charge in [-0.1, -0.05) is 0 Å². The van der Waals surface area contributed by atoms with Crippen molar-refractivity contribution in [2.24, 2.45) is 0 Å². The van der Waals surface area contributed by atoms with Crippen molar-refractivity contribution in [3.8, 4) is 0 Å². The lowest BCUT2D eigenvalue weighted by molar-refractivity contribution is -0.0705. The maximum absolute atomic E-state index is 5.66. The molecule has 2 rings (SSSR count). The predicted octanol–water partition coefficient (Wildman–Crippen LogP) is 0.527. The topological polar surface area (TPSA) is 21.3 Å². The summed E-state index contributed by atoms with van der Waals surface area (Å²) in [6.07, 6.45) is 4.99. The van der Waals surface area contributed by atoms with E-state index in [-0.39, 0.29) is 0 Å². The monoisotopic (exact) mass is 127 g/mol. The Balaban J connectivity index is 1.96. The summed E-state index contributed by atoms with van der Waals surface area (Å²) in [6, 6.07) is 0. The number of rotatable bonds is 0. The van der Waals surface area contributed by atoms with E-state index in [9.17, 15) is 0 Å². The molecular weight excluding hydrogens is 114 g/mol. The van der Waals surface area contributed by atoms with E-state index in [4.69, 9.17) is 4.74 Å². The smallest absolute Gasteiger partial charge is 0.0703 e. The van der Waals surface area contributed by atoms with E-state index < -0.39 is 0 Å². The number of fused-ring (bicyclic) bond motifs is 2. The van der Waals surface area contributed by atoms with Gasteiger partial charge in [0, 0.05) is 13.1 Å². The molecule has 2 saturated heterocycles. The van der Waals surface area contributed by atoms with Crippen LogP contribution in [0, 0.1) is 0 Å². The number of hydrogen-bond acceptors (Lipinski definition) is 2. The van der Waals surface area contributed by atoms with Crippen molar-refractivity contribution < 1.29 is 4.74 Å². The van der Waals surface area contributed by atoms with Crippen molar-refractivity contribution in [1.82, 2.24) is 5.32 Å². The summed E-state index contributed by atoms with van der Waals surface area (Å²) in [5.74, 6) is 0. The molecule has 0 aromatic carbocycles. The molecule has 0 radical (unpaired) electrons. The summed E-state index contributed by atoms with van der Waals surface area (Å²) in [4.78, 5) is 0. The summed E-state index contributed by atoms with van der Waals surface area (Å²) in [5, 5.41) is 3.36. The third-order valence-corrected chi connectivity index (χ3v) is 2.18.